The van der Waals surface area contributed by atoms with E-state index in [1.807, 2.05) is 36.4 Å². The van der Waals surface area contributed by atoms with Crippen molar-refractivity contribution in [3.63, 3.8) is 0 Å². The fourth-order valence-corrected chi connectivity index (χ4v) is 2.74. The first-order valence-electron chi connectivity index (χ1n) is 8.72. The molecule has 0 fully saturated rings. The lowest BCUT2D eigenvalue weighted by atomic mass is 10.2. The summed E-state index contributed by atoms with van der Waals surface area (Å²) in [5.41, 5.74) is 3.87. The molecular formula is C21H18BrN3O4. The van der Waals surface area contributed by atoms with Gasteiger partial charge in [0.25, 0.3) is 0 Å². The van der Waals surface area contributed by atoms with E-state index in [0.29, 0.717) is 23.7 Å². The van der Waals surface area contributed by atoms with Gasteiger partial charge in [-0.05, 0) is 35.9 Å². The molecular weight excluding hydrogens is 438 g/mol. The van der Waals surface area contributed by atoms with Gasteiger partial charge in [-0.2, -0.15) is 5.10 Å². The molecule has 1 heterocycles. The maximum atomic E-state index is 11.8. The minimum Gasteiger partial charge on any atom is -0.488 e. The van der Waals surface area contributed by atoms with Crippen molar-refractivity contribution in [1.29, 1.82) is 0 Å². The number of furan rings is 1. The maximum absolute atomic E-state index is 11.8. The number of nitrogens with zero attached hydrogens (tertiary/aromatic N) is 1. The number of hydrogen-bond acceptors (Lipinski definition) is 5. The lowest BCUT2D eigenvalue weighted by Crippen LogP contribution is -2.37. The summed E-state index contributed by atoms with van der Waals surface area (Å²) in [6.07, 6.45) is 2.91. The van der Waals surface area contributed by atoms with E-state index in [0.717, 1.165) is 10.0 Å². The highest BCUT2D eigenvalue weighted by molar-refractivity contribution is 9.10. The average molecular weight is 456 g/mol. The summed E-state index contributed by atoms with van der Waals surface area (Å²) in [6.45, 7) is 0.511. The van der Waals surface area contributed by atoms with E-state index < -0.39 is 11.8 Å². The minimum atomic E-state index is -0.880. The molecule has 3 rings (SSSR count). The second-order valence-corrected chi connectivity index (χ2v) is 6.83. The van der Waals surface area contributed by atoms with Crippen LogP contribution < -0.4 is 15.5 Å². The third-order valence-electron chi connectivity index (χ3n) is 3.79. The van der Waals surface area contributed by atoms with E-state index in [2.05, 4.69) is 31.8 Å². The van der Waals surface area contributed by atoms with Crippen LogP contribution in [0.15, 0.2) is 80.9 Å². The fourth-order valence-electron chi connectivity index (χ4n) is 2.36. The second kappa shape index (κ2) is 10.2. The van der Waals surface area contributed by atoms with Crippen molar-refractivity contribution in [1.82, 2.24) is 10.7 Å². The Kier molecular flexibility index (Phi) is 7.18. The van der Waals surface area contributed by atoms with Crippen LogP contribution in [0.2, 0.25) is 0 Å². The Morgan fingerprint density at radius 2 is 1.90 bits per heavy atom. The Labute approximate surface area is 175 Å². The number of nitrogens with one attached hydrogen (secondary N) is 2. The van der Waals surface area contributed by atoms with Crippen LogP contribution in [0.5, 0.6) is 5.75 Å². The number of amides is 2. The summed E-state index contributed by atoms with van der Waals surface area (Å²) < 4.78 is 11.8. The fraction of sp³-hybridized carbons (Fsp3) is 0.0952. The summed E-state index contributed by atoms with van der Waals surface area (Å²) in [5.74, 6) is -0.552. The first-order chi connectivity index (χ1) is 14.1. The normalized spacial score (nSPS) is 10.7. The predicted molar refractivity (Wildman–Crippen MR) is 111 cm³/mol. The molecule has 0 aliphatic heterocycles. The SMILES string of the molecule is O=C(NCc1ccco1)C(=O)N/N=C\c1cc(Br)ccc1OCc1ccccc1. The van der Waals surface area contributed by atoms with Crippen LogP contribution in [-0.2, 0) is 22.7 Å². The monoisotopic (exact) mass is 455 g/mol. The van der Waals surface area contributed by atoms with Crippen LogP contribution in [0.1, 0.15) is 16.9 Å². The number of ether oxygens (including phenoxy) is 1. The molecule has 0 radical (unpaired) electrons. The third kappa shape index (κ3) is 6.32. The minimum absolute atomic E-state index is 0.117. The Balaban J connectivity index is 1.56. The zero-order valence-electron chi connectivity index (χ0n) is 15.3. The Bertz CT molecular complexity index is 988. The number of hydrazone groups is 1. The summed E-state index contributed by atoms with van der Waals surface area (Å²) in [5, 5.41) is 6.30. The number of hydrogen-bond donors (Lipinski definition) is 2. The summed E-state index contributed by atoms with van der Waals surface area (Å²) in [7, 11) is 0. The number of halogens is 1. The zero-order valence-corrected chi connectivity index (χ0v) is 16.9. The molecule has 8 heteroatoms. The van der Waals surface area contributed by atoms with Crippen LogP contribution in [-0.4, -0.2) is 18.0 Å². The Morgan fingerprint density at radius 1 is 1.07 bits per heavy atom. The molecule has 0 atom stereocenters. The van der Waals surface area contributed by atoms with Crippen LogP contribution in [0.25, 0.3) is 0 Å². The predicted octanol–water partition coefficient (Wildman–Crippen LogP) is 3.39. The molecule has 1 aromatic heterocycles. The Morgan fingerprint density at radius 3 is 2.66 bits per heavy atom. The number of carbonyl (C=O) groups excluding carboxylic acids is 2. The van der Waals surface area contributed by atoms with Crippen LogP contribution in [0.3, 0.4) is 0 Å². The van der Waals surface area contributed by atoms with Gasteiger partial charge in [0.1, 0.15) is 18.1 Å². The molecule has 0 aliphatic rings. The molecule has 0 bridgehead atoms. The maximum Gasteiger partial charge on any atom is 0.329 e. The molecule has 148 valence electrons. The molecule has 2 N–H and O–H groups in total. The molecule has 0 saturated carbocycles. The topological polar surface area (TPSA) is 92.9 Å². The average Bonchev–Trinajstić information content (AvgIpc) is 3.26. The molecule has 7 nitrogen and oxygen atoms in total. The molecule has 0 saturated heterocycles. The zero-order chi connectivity index (χ0) is 20.5. The first kappa shape index (κ1) is 20.3. The summed E-state index contributed by atoms with van der Waals surface area (Å²) in [4.78, 5) is 23.6. The number of benzene rings is 2. The van der Waals surface area contributed by atoms with Gasteiger partial charge in [-0.3, -0.25) is 9.59 Å². The van der Waals surface area contributed by atoms with Crippen molar-refractivity contribution >= 4 is 34.0 Å². The third-order valence-corrected chi connectivity index (χ3v) is 4.28. The summed E-state index contributed by atoms with van der Waals surface area (Å²) >= 11 is 3.40. The molecule has 0 aliphatic carbocycles. The van der Waals surface area contributed by atoms with E-state index in [9.17, 15) is 9.59 Å². The number of carbonyl (C=O) groups is 2. The van der Waals surface area contributed by atoms with Gasteiger partial charge in [0.05, 0.1) is 19.0 Å². The molecule has 3 aromatic rings. The van der Waals surface area contributed by atoms with Gasteiger partial charge in [-0.25, -0.2) is 5.43 Å². The standard InChI is InChI=1S/C21H18BrN3O4/c22-17-8-9-19(29-14-15-5-2-1-3-6-15)16(11-17)12-24-25-21(27)20(26)23-13-18-7-4-10-28-18/h1-12H,13-14H2,(H,23,26)(H,25,27)/b24-12-. The van der Waals surface area contributed by atoms with Crippen LogP contribution >= 0.6 is 15.9 Å². The van der Waals surface area contributed by atoms with Crippen molar-refractivity contribution in [2.24, 2.45) is 5.10 Å². The molecule has 0 spiro atoms. The van der Waals surface area contributed by atoms with Gasteiger partial charge in [-0.1, -0.05) is 46.3 Å². The summed E-state index contributed by atoms with van der Waals surface area (Å²) in [6, 6.07) is 18.6. The van der Waals surface area contributed by atoms with E-state index in [-0.39, 0.29) is 6.54 Å². The number of rotatable bonds is 7. The Hall–Kier alpha value is -3.39. The lowest BCUT2D eigenvalue weighted by molar-refractivity contribution is -0.139. The van der Waals surface area contributed by atoms with Gasteiger partial charge in [0, 0.05) is 10.0 Å². The van der Waals surface area contributed by atoms with Gasteiger partial charge in [-0.15, -0.1) is 0 Å². The van der Waals surface area contributed by atoms with Crippen molar-refractivity contribution in [2.75, 3.05) is 0 Å². The highest BCUT2D eigenvalue weighted by Gasteiger charge is 2.12. The van der Waals surface area contributed by atoms with Crippen molar-refractivity contribution in [3.8, 4) is 5.75 Å². The molecule has 29 heavy (non-hydrogen) atoms. The van der Waals surface area contributed by atoms with Gasteiger partial charge >= 0.3 is 11.8 Å². The highest BCUT2D eigenvalue weighted by Crippen LogP contribution is 2.22. The largest absolute Gasteiger partial charge is 0.488 e. The molecule has 0 unspecified atom stereocenters. The van der Waals surface area contributed by atoms with E-state index in [4.69, 9.17) is 9.15 Å². The van der Waals surface area contributed by atoms with Gasteiger partial charge in [0.15, 0.2) is 0 Å². The lowest BCUT2D eigenvalue weighted by Gasteiger charge is -2.09. The second-order valence-electron chi connectivity index (χ2n) is 5.92. The smallest absolute Gasteiger partial charge is 0.329 e. The van der Waals surface area contributed by atoms with Gasteiger partial charge in [0.2, 0.25) is 0 Å². The first-order valence-corrected chi connectivity index (χ1v) is 9.51. The molecule has 2 aromatic carbocycles. The van der Waals surface area contributed by atoms with E-state index in [1.165, 1.54) is 12.5 Å². The van der Waals surface area contributed by atoms with E-state index in [1.54, 1.807) is 24.3 Å². The van der Waals surface area contributed by atoms with Crippen molar-refractivity contribution < 1.29 is 18.7 Å². The van der Waals surface area contributed by atoms with Crippen LogP contribution in [0, 0.1) is 0 Å². The van der Waals surface area contributed by atoms with Crippen molar-refractivity contribution in [3.05, 3.63) is 88.3 Å². The van der Waals surface area contributed by atoms with Crippen LogP contribution in [0.4, 0.5) is 0 Å². The van der Waals surface area contributed by atoms with Crippen molar-refractivity contribution in [2.45, 2.75) is 13.2 Å². The van der Waals surface area contributed by atoms with Gasteiger partial charge < -0.3 is 14.5 Å². The highest BCUT2D eigenvalue weighted by atomic mass is 79.9. The van der Waals surface area contributed by atoms with E-state index >= 15 is 0 Å². The quantitative estimate of drug-likeness (QED) is 0.324. The molecule has 2 amide bonds.